The van der Waals surface area contributed by atoms with Crippen molar-refractivity contribution < 1.29 is 31.9 Å². The van der Waals surface area contributed by atoms with Gasteiger partial charge in [-0.1, -0.05) is 45.0 Å². The largest absolute Gasteiger partial charge is 0.447 e. The van der Waals surface area contributed by atoms with E-state index in [-0.39, 0.29) is 19.6 Å². The summed E-state index contributed by atoms with van der Waals surface area (Å²) in [6, 6.07) is 9.78. The summed E-state index contributed by atoms with van der Waals surface area (Å²) in [4.78, 5) is 25.0. The van der Waals surface area contributed by atoms with E-state index in [0.29, 0.717) is 11.1 Å². The van der Waals surface area contributed by atoms with Crippen molar-refractivity contribution in [3.8, 4) is 0 Å². The molecule has 1 aliphatic heterocycles. The van der Waals surface area contributed by atoms with Crippen molar-refractivity contribution in [3.63, 3.8) is 0 Å². The molecule has 2 aromatic rings. The molecule has 1 aliphatic rings. The van der Waals surface area contributed by atoms with Gasteiger partial charge in [-0.3, -0.25) is 4.79 Å². The summed E-state index contributed by atoms with van der Waals surface area (Å²) < 4.78 is 56.4. The molecule has 0 aromatic heterocycles. The molecule has 2 amide bonds. The molecule has 1 atom stereocenters. The molecule has 0 saturated carbocycles. The molecule has 1 heterocycles. The van der Waals surface area contributed by atoms with Crippen LogP contribution in [0.5, 0.6) is 0 Å². The van der Waals surface area contributed by atoms with E-state index in [1.165, 1.54) is 36.4 Å². The molecule has 0 N–H and O–H groups in total. The minimum Gasteiger partial charge on any atom is -0.447 e. The predicted octanol–water partition coefficient (Wildman–Crippen LogP) is 6.01. The van der Waals surface area contributed by atoms with Gasteiger partial charge in [0.25, 0.3) is 0 Å². The van der Waals surface area contributed by atoms with E-state index in [4.69, 9.17) is 4.74 Å². The first kappa shape index (κ1) is 24.4. The Balaban J connectivity index is 0.000000785. The van der Waals surface area contributed by atoms with Gasteiger partial charge in [0, 0.05) is 12.3 Å². The van der Waals surface area contributed by atoms with Crippen LogP contribution in [0.4, 0.5) is 22.4 Å². The van der Waals surface area contributed by atoms with Crippen LogP contribution in [0.2, 0.25) is 0 Å². The number of imide groups is 1. The van der Waals surface area contributed by atoms with Gasteiger partial charge in [-0.15, -0.1) is 0 Å². The number of cyclic esters (lactones) is 1. The molecule has 8 heteroatoms. The highest BCUT2D eigenvalue weighted by molar-refractivity contribution is 5.93. The van der Waals surface area contributed by atoms with Gasteiger partial charge in [-0.2, -0.15) is 13.2 Å². The highest BCUT2D eigenvalue weighted by atomic mass is 19.4. The number of rotatable bonds is 4. The fraction of sp³-hybridized carbons (Fsp3) is 0.391. The molecule has 0 bridgehead atoms. The summed E-state index contributed by atoms with van der Waals surface area (Å²) in [5, 5.41) is 0. The van der Waals surface area contributed by atoms with Crippen LogP contribution >= 0.6 is 0 Å². The van der Waals surface area contributed by atoms with Crippen LogP contribution in [0.25, 0.3) is 0 Å². The first-order valence-electron chi connectivity index (χ1n) is 9.88. The van der Waals surface area contributed by atoms with Crippen LogP contribution < -0.4 is 0 Å². The molecule has 1 unspecified atom stereocenters. The van der Waals surface area contributed by atoms with Crippen molar-refractivity contribution in [2.45, 2.75) is 39.3 Å². The number of benzene rings is 2. The molecule has 4 nitrogen and oxygen atoms in total. The number of carbonyl (C=O) groups is 2. The number of alkyl halides is 3. The summed E-state index contributed by atoms with van der Waals surface area (Å²) in [5.41, 5.74) is 0.200. The van der Waals surface area contributed by atoms with Crippen LogP contribution in [-0.2, 0) is 15.7 Å². The van der Waals surface area contributed by atoms with Crippen LogP contribution in [0.15, 0.2) is 48.5 Å². The second-order valence-electron chi connectivity index (χ2n) is 7.82. The molecule has 1 fully saturated rings. The summed E-state index contributed by atoms with van der Waals surface area (Å²) in [5.74, 6) is -0.778. The van der Waals surface area contributed by atoms with E-state index in [0.717, 1.165) is 23.0 Å². The number of amides is 2. The molecule has 0 aliphatic carbocycles. The topological polar surface area (TPSA) is 46.6 Å². The molecule has 0 spiro atoms. The number of hydrogen-bond donors (Lipinski definition) is 0. The Kier molecular flexibility index (Phi) is 8.19. The lowest BCUT2D eigenvalue weighted by molar-refractivity contribution is -0.137. The molecule has 168 valence electrons. The van der Waals surface area contributed by atoms with Crippen LogP contribution in [0.1, 0.15) is 49.8 Å². The SMILES string of the molecule is CC(C)C.O=C(CC(c1ccc(F)cc1)c1ccc(C(F)(F)F)cc1)N1CCOC1=O. The van der Waals surface area contributed by atoms with Crippen molar-refractivity contribution in [2.75, 3.05) is 13.2 Å². The standard InChI is InChI=1S/C19H15F4NO3.C4H10/c20-15-7-3-13(4-8-15)16(11-17(25)24-9-10-27-18(24)26)12-1-5-14(6-2-12)19(21,22)23;1-4(2)3/h1-8,16H,9-11H2;4H,1-3H3. The number of halogens is 4. The summed E-state index contributed by atoms with van der Waals surface area (Å²) in [7, 11) is 0. The Morgan fingerprint density at radius 3 is 1.90 bits per heavy atom. The number of carbonyl (C=O) groups excluding carboxylic acids is 2. The average molecular weight is 439 g/mol. The molecule has 0 radical (unpaired) electrons. The van der Waals surface area contributed by atoms with Crippen molar-refractivity contribution in [3.05, 3.63) is 71.0 Å². The van der Waals surface area contributed by atoms with E-state index in [2.05, 4.69) is 20.8 Å². The highest BCUT2D eigenvalue weighted by Gasteiger charge is 2.32. The Morgan fingerprint density at radius 1 is 1.00 bits per heavy atom. The van der Waals surface area contributed by atoms with E-state index in [9.17, 15) is 27.2 Å². The first-order chi connectivity index (χ1) is 14.5. The summed E-state index contributed by atoms with van der Waals surface area (Å²) >= 11 is 0. The highest BCUT2D eigenvalue weighted by Crippen LogP contribution is 2.33. The normalized spacial score (nSPS) is 14.7. The van der Waals surface area contributed by atoms with Crippen molar-refractivity contribution in [2.24, 2.45) is 5.92 Å². The van der Waals surface area contributed by atoms with Crippen LogP contribution in [0.3, 0.4) is 0 Å². The minimum atomic E-state index is -4.47. The maximum atomic E-state index is 13.2. The fourth-order valence-electron chi connectivity index (χ4n) is 2.93. The third-order valence-corrected chi connectivity index (χ3v) is 4.35. The lowest BCUT2D eigenvalue weighted by Gasteiger charge is -2.20. The minimum absolute atomic E-state index is 0.103. The Labute approximate surface area is 178 Å². The quantitative estimate of drug-likeness (QED) is 0.549. The molecule has 1 saturated heterocycles. The maximum Gasteiger partial charge on any atom is 0.416 e. The van der Waals surface area contributed by atoms with E-state index in [1.54, 1.807) is 0 Å². The molecular weight excluding hydrogens is 414 g/mol. The van der Waals surface area contributed by atoms with Gasteiger partial charge in [-0.05, 0) is 41.3 Å². The van der Waals surface area contributed by atoms with Gasteiger partial charge in [0.15, 0.2) is 0 Å². The zero-order valence-electron chi connectivity index (χ0n) is 17.6. The zero-order chi connectivity index (χ0) is 23.2. The predicted molar refractivity (Wildman–Crippen MR) is 108 cm³/mol. The smallest absolute Gasteiger partial charge is 0.416 e. The van der Waals surface area contributed by atoms with Crippen molar-refractivity contribution in [1.82, 2.24) is 4.90 Å². The molecular formula is C23H25F4NO3. The van der Waals surface area contributed by atoms with E-state index >= 15 is 0 Å². The van der Waals surface area contributed by atoms with E-state index in [1.807, 2.05) is 0 Å². The van der Waals surface area contributed by atoms with Crippen LogP contribution in [0, 0.1) is 11.7 Å². The second-order valence-corrected chi connectivity index (χ2v) is 7.82. The molecule has 31 heavy (non-hydrogen) atoms. The maximum absolute atomic E-state index is 13.2. The van der Waals surface area contributed by atoms with Gasteiger partial charge in [0.2, 0.25) is 5.91 Å². The summed E-state index contributed by atoms with van der Waals surface area (Å²) in [6.07, 6.45) is -5.38. The number of nitrogens with zero attached hydrogens (tertiary/aromatic N) is 1. The number of hydrogen-bond acceptors (Lipinski definition) is 3. The third kappa shape index (κ3) is 7.08. The number of ether oxygens (including phenoxy) is 1. The van der Waals surface area contributed by atoms with Gasteiger partial charge in [0.05, 0.1) is 12.1 Å². The van der Waals surface area contributed by atoms with Crippen molar-refractivity contribution in [1.29, 1.82) is 0 Å². The zero-order valence-corrected chi connectivity index (χ0v) is 17.6. The second kappa shape index (κ2) is 10.4. The van der Waals surface area contributed by atoms with Gasteiger partial charge in [-0.25, -0.2) is 14.1 Å². The first-order valence-corrected chi connectivity index (χ1v) is 9.88. The Bertz CT molecular complexity index is 874. The van der Waals surface area contributed by atoms with Gasteiger partial charge < -0.3 is 4.74 Å². The Morgan fingerprint density at radius 2 is 1.48 bits per heavy atom. The Hall–Kier alpha value is -2.90. The van der Waals surface area contributed by atoms with E-state index < -0.39 is 35.5 Å². The average Bonchev–Trinajstić information content (AvgIpc) is 3.12. The summed E-state index contributed by atoms with van der Waals surface area (Å²) in [6.45, 7) is 6.73. The van der Waals surface area contributed by atoms with Crippen molar-refractivity contribution >= 4 is 12.0 Å². The third-order valence-electron chi connectivity index (χ3n) is 4.35. The van der Waals surface area contributed by atoms with Gasteiger partial charge in [0.1, 0.15) is 12.4 Å². The van der Waals surface area contributed by atoms with Gasteiger partial charge >= 0.3 is 12.3 Å². The lowest BCUT2D eigenvalue weighted by atomic mass is 9.87. The molecule has 3 rings (SSSR count). The fourth-order valence-corrected chi connectivity index (χ4v) is 2.93. The molecule has 2 aromatic carbocycles. The van der Waals surface area contributed by atoms with Crippen LogP contribution in [-0.4, -0.2) is 30.1 Å². The monoisotopic (exact) mass is 439 g/mol. The lowest BCUT2D eigenvalue weighted by Crippen LogP contribution is -2.32.